The normalized spacial score (nSPS) is 20.0. The largest absolute Gasteiger partial charge is 0.206 e. The molecular weight excluding hydrogens is 371 g/mol. The number of hydrogen-bond acceptors (Lipinski definition) is 2. The van der Waals surface area contributed by atoms with Gasteiger partial charge in [0, 0.05) is 5.56 Å². The molecule has 0 spiro atoms. The Bertz CT molecular complexity index is 703. The van der Waals surface area contributed by atoms with Crippen molar-refractivity contribution in [2.75, 3.05) is 11.5 Å². The second-order valence-corrected chi connectivity index (χ2v) is 10.1. The van der Waals surface area contributed by atoms with Gasteiger partial charge < -0.3 is 0 Å². The van der Waals surface area contributed by atoms with Crippen LogP contribution in [0.15, 0.2) is 42.5 Å². The van der Waals surface area contributed by atoms with E-state index in [-0.39, 0.29) is 5.82 Å². The number of thioether (sulfide) groups is 2. The van der Waals surface area contributed by atoms with Crippen molar-refractivity contribution >= 4 is 23.5 Å². The van der Waals surface area contributed by atoms with Crippen molar-refractivity contribution in [3.8, 4) is 11.1 Å². The van der Waals surface area contributed by atoms with Crippen LogP contribution >= 0.6 is 23.5 Å². The number of halogens is 1. The van der Waals surface area contributed by atoms with Gasteiger partial charge in [-0.1, -0.05) is 69.5 Å². The molecule has 0 atom stereocenters. The summed E-state index contributed by atoms with van der Waals surface area (Å²) >= 11 is 4.16. The Morgan fingerprint density at radius 1 is 0.926 bits per heavy atom. The number of rotatable bonds is 8. The zero-order valence-electron chi connectivity index (χ0n) is 16.5. The molecular formula is C24H31FS2. The van der Waals surface area contributed by atoms with E-state index >= 15 is 0 Å². The highest BCUT2D eigenvalue weighted by Crippen LogP contribution is 2.46. The van der Waals surface area contributed by atoms with Crippen LogP contribution in [0.3, 0.4) is 0 Å². The highest BCUT2D eigenvalue weighted by molar-refractivity contribution is 8.16. The lowest BCUT2D eigenvalue weighted by Gasteiger charge is -2.28. The van der Waals surface area contributed by atoms with Gasteiger partial charge in [-0.3, -0.25) is 0 Å². The molecule has 3 heteroatoms. The predicted molar refractivity (Wildman–Crippen MR) is 121 cm³/mol. The minimum atomic E-state index is -0.100. The van der Waals surface area contributed by atoms with Crippen LogP contribution < -0.4 is 0 Å². The van der Waals surface area contributed by atoms with Gasteiger partial charge in [-0.25, -0.2) is 4.39 Å². The molecule has 2 aromatic rings. The molecule has 1 saturated heterocycles. The Kier molecular flexibility index (Phi) is 8.14. The first-order valence-corrected chi connectivity index (χ1v) is 12.4. The third-order valence-electron chi connectivity index (χ3n) is 5.28. The Morgan fingerprint density at radius 2 is 1.63 bits per heavy atom. The van der Waals surface area contributed by atoms with E-state index in [1.165, 1.54) is 36.3 Å². The maximum Gasteiger partial charge on any atom is 0.131 e. The minimum Gasteiger partial charge on any atom is -0.206 e. The zero-order valence-corrected chi connectivity index (χ0v) is 18.2. The smallest absolute Gasteiger partial charge is 0.131 e. The fourth-order valence-electron chi connectivity index (χ4n) is 3.54. The Morgan fingerprint density at radius 3 is 2.26 bits per heavy atom. The summed E-state index contributed by atoms with van der Waals surface area (Å²) in [5, 5.41) is 0. The lowest BCUT2D eigenvalue weighted by molar-refractivity contribution is 0.562. The zero-order chi connectivity index (χ0) is 19.1. The van der Waals surface area contributed by atoms with E-state index in [9.17, 15) is 4.39 Å². The van der Waals surface area contributed by atoms with Gasteiger partial charge in [-0.2, -0.15) is 0 Å². The van der Waals surface area contributed by atoms with E-state index in [2.05, 4.69) is 67.7 Å². The molecule has 146 valence electrons. The molecule has 1 aliphatic heterocycles. The second-order valence-electron chi connectivity index (χ2n) is 7.55. The van der Waals surface area contributed by atoms with E-state index in [4.69, 9.17) is 0 Å². The average molecular weight is 403 g/mol. The third kappa shape index (κ3) is 5.77. The molecule has 2 aromatic carbocycles. The minimum absolute atomic E-state index is 0.100. The Hall–Kier alpha value is -0.930. The van der Waals surface area contributed by atoms with Crippen LogP contribution in [-0.4, -0.2) is 11.5 Å². The monoisotopic (exact) mass is 402 g/mol. The molecule has 0 amide bonds. The summed E-state index contributed by atoms with van der Waals surface area (Å²) in [6.45, 7) is 4.44. The van der Waals surface area contributed by atoms with E-state index in [0.717, 1.165) is 36.3 Å². The first-order valence-electron chi connectivity index (χ1n) is 10.3. The topological polar surface area (TPSA) is 0 Å². The fraction of sp³-hybridized carbons (Fsp3) is 0.500. The van der Waals surface area contributed by atoms with Crippen LogP contribution in [-0.2, 0) is 6.42 Å². The molecule has 1 heterocycles. The van der Waals surface area contributed by atoms with E-state index < -0.39 is 0 Å². The van der Waals surface area contributed by atoms with Crippen molar-refractivity contribution < 1.29 is 4.39 Å². The molecule has 0 saturated carbocycles. The first-order chi connectivity index (χ1) is 13.2. The lowest BCUT2D eigenvalue weighted by Crippen LogP contribution is -2.14. The fourth-order valence-corrected chi connectivity index (χ4v) is 6.71. The second kappa shape index (κ2) is 10.6. The maximum atomic E-state index is 14.6. The summed E-state index contributed by atoms with van der Waals surface area (Å²) in [7, 11) is 0. The SMILES string of the molecule is CCCCc1ccc(-c2ccc(C3SCC(CCCC)CS3)cc2)c(F)c1. The summed E-state index contributed by atoms with van der Waals surface area (Å²) in [6.07, 6.45) is 7.24. The summed E-state index contributed by atoms with van der Waals surface area (Å²) in [5.41, 5.74) is 4.15. The summed E-state index contributed by atoms with van der Waals surface area (Å²) in [5.74, 6) is 3.31. The van der Waals surface area contributed by atoms with E-state index in [0.29, 0.717) is 10.1 Å². The summed E-state index contributed by atoms with van der Waals surface area (Å²) in [6, 6.07) is 14.3. The number of hydrogen-bond donors (Lipinski definition) is 0. The molecule has 0 bridgehead atoms. The molecule has 0 radical (unpaired) electrons. The number of benzene rings is 2. The molecule has 0 aromatic heterocycles. The van der Waals surface area contributed by atoms with Crippen LogP contribution in [0.2, 0.25) is 0 Å². The van der Waals surface area contributed by atoms with Crippen LogP contribution in [0.25, 0.3) is 11.1 Å². The van der Waals surface area contributed by atoms with Gasteiger partial charge in [-0.15, -0.1) is 23.5 Å². The highest BCUT2D eigenvalue weighted by Gasteiger charge is 2.23. The van der Waals surface area contributed by atoms with Crippen LogP contribution in [0, 0.1) is 11.7 Å². The highest BCUT2D eigenvalue weighted by atomic mass is 32.2. The van der Waals surface area contributed by atoms with Gasteiger partial charge in [0.15, 0.2) is 0 Å². The number of aryl methyl sites for hydroxylation is 1. The van der Waals surface area contributed by atoms with Gasteiger partial charge in [0.2, 0.25) is 0 Å². The van der Waals surface area contributed by atoms with Crippen LogP contribution in [0.4, 0.5) is 4.39 Å². The van der Waals surface area contributed by atoms with Crippen molar-refractivity contribution in [1.82, 2.24) is 0 Å². The van der Waals surface area contributed by atoms with Gasteiger partial charge in [0.1, 0.15) is 5.82 Å². The van der Waals surface area contributed by atoms with Crippen molar-refractivity contribution in [2.45, 2.75) is 57.0 Å². The summed E-state index contributed by atoms with van der Waals surface area (Å²) < 4.78 is 15.1. The molecule has 1 aliphatic rings. The van der Waals surface area contributed by atoms with Crippen LogP contribution in [0.1, 0.15) is 61.7 Å². The van der Waals surface area contributed by atoms with Gasteiger partial charge in [0.25, 0.3) is 0 Å². The van der Waals surface area contributed by atoms with Gasteiger partial charge in [0.05, 0.1) is 4.58 Å². The molecule has 0 aliphatic carbocycles. The summed E-state index contributed by atoms with van der Waals surface area (Å²) in [4.78, 5) is 0. The van der Waals surface area contributed by atoms with E-state index in [1.807, 2.05) is 6.07 Å². The predicted octanol–water partition coefficient (Wildman–Crippen LogP) is 8.12. The molecule has 27 heavy (non-hydrogen) atoms. The Balaban J connectivity index is 1.62. The van der Waals surface area contributed by atoms with Crippen molar-refractivity contribution in [1.29, 1.82) is 0 Å². The van der Waals surface area contributed by atoms with E-state index in [1.54, 1.807) is 6.07 Å². The van der Waals surface area contributed by atoms with Gasteiger partial charge >= 0.3 is 0 Å². The molecule has 0 N–H and O–H groups in total. The molecule has 1 fully saturated rings. The average Bonchev–Trinajstić information content (AvgIpc) is 2.71. The van der Waals surface area contributed by atoms with Gasteiger partial charge in [-0.05, 0) is 59.4 Å². The molecule has 0 unspecified atom stereocenters. The van der Waals surface area contributed by atoms with Crippen molar-refractivity contribution in [2.24, 2.45) is 5.92 Å². The lowest BCUT2D eigenvalue weighted by atomic mass is 10.00. The molecule has 0 nitrogen and oxygen atoms in total. The van der Waals surface area contributed by atoms with Crippen molar-refractivity contribution in [3.05, 3.63) is 59.4 Å². The maximum absolute atomic E-state index is 14.6. The number of unbranched alkanes of at least 4 members (excludes halogenated alkanes) is 2. The molecule has 3 rings (SSSR count). The Labute approximate surface area is 172 Å². The van der Waals surface area contributed by atoms with Crippen molar-refractivity contribution in [3.63, 3.8) is 0 Å². The van der Waals surface area contributed by atoms with Crippen LogP contribution in [0.5, 0.6) is 0 Å². The third-order valence-corrected chi connectivity index (χ3v) is 8.57. The quantitative estimate of drug-likeness (QED) is 0.437. The first kappa shape index (κ1) is 20.8. The standard InChI is InChI=1S/C24H31FS2/c1-3-5-7-18-9-14-22(23(25)15-18)20-10-12-21(13-11-20)24-26-16-19(17-27-24)8-6-4-2/h9-15,19,24H,3-8,16-17H2,1-2H3.